The number of nitrogens with zero attached hydrogens (tertiary/aromatic N) is 3. The number of benzene rings is 1. The zero-order valence-corrected chi connectivity index (χ0v) is 19.0. The number of hydrogen-bond donors (Lipinski definition) is 2. The highest BCUT2D eigenvalue weighted by Gasteiger charge is 2.08. The lowest BCUT2D eigenvalue weighted by molar-refractivity contribution is 0.801. The molecule has 3 aromatic rings. The van der Waals surface area contributed by atoms with Gasteiger partial charge in [-0.1, -0.05) is 24.3 Å². The van der Waals surface area contributed by atoms with Gasteiger partial charge in [-0.3, -0.25) is 4.99 Å². The van der Waals surface area contributed by atoms with Crippen LogP contribution in [0.3, 0.4) is 0 Å². The van der Waals surface area contributed by atoms with E-state index in [4.69, 9.17) is 4.98 Å². The summed E-state index contributed by atoms with van der Waals surface area (Å²) in [4.78, 5) is 12.5. The van der Waals surface area contributed by atoms with Crippen LogP contribution in [0.1, 0.15) is 10.4 Å². The fourth-order valence-electron chi connectivity index (χ4n) is 2.77. The molecule has 0 saturated heterocycles. The van der Waals surface area contributed by atoms with Crippen molar-refractivity contribution in [2.24, 2.45) is 4.99 Å². The van der Waals surface area contributed by atoms with E-state index in [-0.39, 0.29) is 24.0 Å². The second-order valence-electron chi connectivity index (χ2n) is 6.23. The largest absolute Gasteiger partial charge is 0.363 e. The number of halogens is 1. The predicted molar refractivity (Wildman–Crippen MR) is 128 cm³/mol. The van der Waals surface area contributed by atoms with Crippen molar-refractivity contribution in [3.8, 4) is 0 Å². The smallest absolute Gasteiger partial charge is 0.191 e. The van der Waals surface area contributed by atoms with Crippen LogP contribution in [-0.4, -0.2) is 38.6 Å². The van der Waals surface area contributed by atoms with Gasteiger partial charge >= 0.3 is 0 Å². The van der Waals surface area contributed by atoms with Crippen molar-refractivity contribution in [3.05, 3.63) is 58.3 Å². The first-order chi connectivity index (χ1) is 12.7. The fourth-order valence-corrected chi connectivity index (χ4v) is 3.47. The highest BCUT2D eigenvalue weighted by Crippen LogP contribution is 2.21. The van der Waals surface area contributed by atoms with Crippen molar-refractivity contribution in [2.45, 2.75) is 13.0 Å². The number of thiophene rings is 1. The average Bonchev–Trinajstić information content (AvgIpc) is 3.17. The zero-order chi connectivity index (χ0) is 18.4. The Morgan fingerprint density at radius 3 is 2.67 bits per heavy atom. The summed E-state index contributed by atoms with van der Waals surface area (Å²) in [5, 5.41) is 10.1. The first-order valence-corrected chi connectivity index (χ1v) is 9.58. The molecule has 5 nitrogen and oxygen atoms in total. The Kier molecular flexibility index (Phi) is 8.30. The van der Waals surface area contributed by atoms with Crippen LogP contribution < -0.4 is 15.5 Å². The third-order valence-corrected chi connectivity index (χ3v) is 5.10. The first-order valence-electron chi connectivity index (χ1n) is 8.70. The van der Waals surface area contributed by atoms with E-state index in [2.05, 4.69) is 57.4 Å². The first kappa shape index (κ1) is 21.4. The summed E-state index contributed by atoms with van der Waals surface area (Å²) in [5.74, 6) is 1.77. The van der Waals surface area contributed by atoms with Crippen molar-refractivity contribution in [1.82, 2.24) is 15.6 Å². The molecule has 2 N–H and O–H groups in total. The molecule has 0 aliphatic heterocycles. The third kappa shape index (κ3) is 5.80. The van der Waals surface area contributed by atoms with Crippen LogP contribution in [0, 0.1) is 0 Å². The van der Waals surface area contributed by atoms with Crippen LogP contribution in [0.4, 0.5) is 5.82 Å². The normalized spacial score (nSPS) is 11.1. The maximum Gasteiger partial charge on any atom is 0.191 e. The number of anilines is 1. The molecule has 2 aromatic heterocycles. The number of aliphatic imine (C=N–C) groups is 1. The predicted octanol–water partition coefficient (Wildman–Crippen LogP) is 3.89. The van der Waals surface area contributed by atoms with Gasteiger partial charge in [0, 0.05) is 44.5 Å². The molecule has 0 unspecified atom stereocenters. The van der Waals surface area contributed by atoms with Crippen molar-refractivity contribution < 1.29 is 0 Å². The maximum absolute atomic E-state index is 4.71. The number of aromatic nitrogens is 1. The van der Waals surface area contributed by atoms with Gasteiger partial charge in [-0.2, -0.15) is 0 Å². The molecule has 0 fully saturated rings. The SMILES string of the molecule is CN=C(NCCc1cccs1)NCc1cc(N(C)C)nc2ccccc12.I. The van der Waals surface area contributed by atoms with E-state index in [1.807, 2.05) is 25.1 Å². The Labute approximate surface area is 181 Å². The summed E-state index contributed by atoms with van der Waals surface area (Å²) in [6, 6.07) is 14.6. The highest BCUT2D eigenvalue weighted by atomic mass is 127. The van der Waals surface area contributed by atoms with Crippen molar-refractivity contribution in [3.63, 3.8) is 0 Å². The molecule has 0 atom stereocenters. The fraction of sp³-hybridized carbons (Fsp3) is 0.300. The average molecular weight is 495 g/mol. The molecule has 27 heavy (non-hydrogen) atoms. The number of nitrogens with one attached hydrogen (secondary N) is 2. The summed E-state index contributed by atoms with van der Waals surface area (Å²) in [6.07, 6.45) is 1.00. The Bertz CT molecular complexity index is 877. The molecule has 0 saturated carbocycles. The zero-order valence-electron chi connectivity index (χ0n) is 15.9. The molecule has 3 rings (SSSR count). The number of para-hydroxylation sites is 1. The van der Waals surface area contributed by atoms with Gasteiger partial charge in [0.15, 0.2) is 5.96 Å². The summed E-state index contributed by atoms with van der Waals surface area (Å²) in [7, 11) is 5.83. The summed E-state index contributed by atoms with van der Waals surface area (Å²) < 4.78 is 0. The van der Waals surface area contributed by atoms with E-state index in [1.54, 1.807) is 18.4 Å². The standard InChI is InChI=1S/C20H25N5S.HI/c1-21-20(22-11-10-16-7-6-12-26-16)23-14-15-13-19(25(2)3)24-18-9-5-4-8-17(15)18;/h4-9,12-13H,10-11,14H2,1-3H3,(H2,21,22,23);1H. The molecule has 0 aliphatic carbocycles. The number of guanidine groups is 1. The molecule has 0 amide bonds. The monoisotopic (exact) mass is 495 g/mol. The Morgan fingerprint density at radius 2 is 1.96 bits per heavy atom. The molecular formula is C20H26IN5S. The van der Waals surface area contributed by atoms with Gasteiger partial charge in [0.1, 0.15) is 5.82 Å². The van der Waals surface area contributed by atoms with Crippen LogP contribution >= 0.6 is 35.3 Å². The second-order valence-corrected chi connectivity index (χ2v) is 7.27. The highest BCUT2D eigenvalue weighted by molar-refractivity contribution is 14.0. The van der Waals surface area contributed by atoms with Gasteiger partial charge in [-0.15, -0.1) is 35.3 Å². The molecular weight excluding hydrogens is 469 g/mol. The van der Waals surface area contributed by atoms with Crippen LogP contribution in [-0.2, 0) is 13.0 Å². The molecule has 1 aromatic carbocycles. The van der Waals surface area contributed by atoms with Crippen LogP contribution in [0.15, 0.2) is 52.8 Å². The van der Waals surface area contributed by atoms with Crippen molar-refractivity contribution >= 4 is 58.0 Å². The van der Waals surface area contributed by atoms with E-state index < -0.39 is 0 Å². The van der Waals surface area contributed by atoms with E-state index in [9.17, 15) is 0 Å². The van der Waals surface area contributed by atoms with Gasteiger partial charge in [-0.05, 0) is 35.6 Å². The molecule has 0 radical (unpaired) electrons. The minimum Gasteiger partial charge on any atom is -0.363 e. The quantitative estimate of drug-likeness (QED) is 0.310. The summed E-state index contributed by atoms with van der Waals surface area (Å²) in [6.45, 7) is 1.56. The van der Waals surface area contributed by atoms with Crippen molar-refractivity contribution in [1.29, 1.82) is 0 Å². The molecule has 0 spiro atoms. The van der Waals surface area contributed by atoms with Crippen molar-refractivity contribution in [2.75, 3.05) is 32.6 Å². The van der Waals surface area contributed by atoms with E-state index in [0.717, 1.165) is 30.3 Å². The number of rotatable bonds is 6. The maximum atomic E-state index is 4.71. The van der Waals surface area contributed by atoms with Gasteiger partial charge in [0.05, 0.1) is 5.52 Å². The molecule has 7 heteroatoms. The summed E-state index contributed by atoms with van der Waals surface area (Å²) in [5.41, 5.74) is 2.22. The molecule has 0 aliphatic rings. The van der Waals surface area contributed by atoms with E-state index >= 15 is 0 Å². The molecule has 0 bridgehead atoms. The molecule has 144 valence electrons. The van der Waals surface area contributed by atoms with Gasteiger partial charge < -0.3 is 15.5 Å². The van der Waals surface area contributed by atoms with Gasteiger partial charge in [-0.25, -0.2) is 4.98 Å². The van der Waals surface area contributed by atoms with Crippen LogP contribution in [0.5, 0.6) is 0 Å². The van der Waals surface area contributed by atoms with E-state index in [0.29, 0.717) is 6.54 Å². The second kappa shape index (κ2) is 10.5. The Balaban J connectivity index is 0.00000261. The minimum absolute atomic E-state index is 0. The molecule has 2 heterocycles. The Hall–Kier alpha value is -1.87. The third-order valence-electron chi connectivity index (χ3n) is 4.16. The number of hydrogen-bond acceptors (Lipinski definition) is 4. The number of fused-ring (bicyclic) bond motifs is 1. The van der Waals surface area contributed by atoms with Gasteiger partial charge in [0.25, 0.3) is 0 Å². The van der Waals surface area contributed by atoms with Gasteiger partial charge in [0.2, 0.25) is 0 Å². The Morgan fingerprint density at radius 1 is 1.15 bits per heavy atom. The van der Waals surface area contributed by atoms with Crippen LogP contribution in [0.2, 0.25) is 0 Å². The lowest BCUT2D eigenvalue weighted by atomic mass is 10.1. The topological polar surface area (TPSA) is 52.6 Å². The number of pyridine rings is 1. The van der Waals surface area contributed by atoms with E-state index in [1.165, 1.54) is 15.8 Å². The lowest BCUT2D eigenvalue weighted by Gasteiger charge is -2.17. The van der Waals surface area contributed by atoms with Crippen LogP contribution in [0.25, 0.3) is 10.9 Å². The summed E-state index contributed by atoms with van der Waals surface area (Å²) >= 11 is 1.79. The minimum atomic E-state index is 0. The lowest BCUT2D eigenvalue weighted by Crippen LogP contribution is -2.37.